The summed E-state index contributed by atoms with van der Waals surface area (Å²) in [5.74, 6) is -0.729. The molecule has 8 heteroatoms. The molecule has 1 aliphatic heterocycles. The highest BCUT2D eigenvalue weighted by Crippen LogP contribution is 2.19. The molecule has 0 aliphatic carbocycles. The number of hydrogen-bond acceptors (Lipinski definition) is 4. The van der Waals surface area contributed by atoms with Gasteiger partial charge in [0.1, 0.15) is 18.1 Å². The van der Waals surface area contributed by atoms with Crippen molar-refractivity contribution in [3.05, 3.63) is 64.0 Å². The second-order valence-electron chi connectivity index (χ2n) is 7.76. The zero-order chi connectivity index (χ0) is 22.0. The van der Waals surface area contributed by atoms with Gasteiger partial charge in [-0.15, -0.1) is 0 Å². The SMILES string of the molecule is Cc1ccc(NC(=O)CC(=O)Nc2ccc3nc4n(c(=O)c3c2)CCCCC4)cc1F. The number of amides is 2. The van der Waals surface area contributed by atoms with Gasteiger partial charge in [0.2, 0.25) is 11.8 Å². The lowest BCUT2D eigenvalue weighted by molar-refractivity contribution is -0.123. The number of anilines is 2. The molecule has 3 aromatic rings. The summed E-state index contributed by atoms with van der Waals surface area (Å²) in [7, 11) is 0. The van der Waals surface area contributed by atoms with Crippen LogP contribution in [-0.2, 0) is 22.6 Å². The van der Waals surface area contributed by atoms with Crippen molar-refractivity contribution in [1.82, 2.24) is 9.55 Å². The molecule has 0 atom stereocenters. The minimum atomic E-state index is -0.561. The predicted octanol–water partition coefficient (Wildman–Crippen LogP) is 3.54. The van der Waals surface area contributed by atoms with Gasteiger partial charge in [0.25, 0.3) is 5.56 Å². The molecule has 0 spiro atoms. The average Bonchev–Trinajstić information content (AvgIpc) is 2.97. The number of benzene rings is 2. The van der Waals surface area contributed by atoms with Crippen molar-refractivity contribution in [3.63, 3.8) is 0 Å². The lowest BCUT2D eigenvalue weighted by atomic mass is 10.2. The van der Waals surface area contributed by atoms with Crippen LogP contribution in [0.25, 0.3) is 10.9 Å². The summed E-state index contributed by atoms with van der Waals surface area (Å²) in [6.07, 6.45) is 3.37. The van der Waals surface area contributed by atoms with E-state index >= 15 is 0 Å². The number of hydrogen-bond donors (Lipinski definition) is 2. The van der Waals surface area contributed by atoms with Crippen LogP contribution in [-0.4, -0.2) is 21.4 Å². The van der Waals surface area contributed by atoms with E-state index in [1.165, 1.54) is 6.07 Å². The summed E-state index contributed by atoms with van der Waals surface area (Å²) in [6, 6.07) is 9.28. The highest BCUT2D eigenvalue weighted by molar-refractivity contribution is 6.08. The van der Waals surface area contributed by atoms with Crippen molar-refractivity contribution < 1.29 is 14.0 Å². The van der Waals surface area contributed by atoms with Gasteiger partial charge in [-0.05, 0) is 55.7 Å². The molecule has 2 amide bonds. The maximum absolute atomic E-state index is 13.6. The molecule has 0 fully saturated rings. The predicted molar refractivity (Wildman–Crippen MR) is 117 cm³/mol. The van der Waals surface area contributed by atoms with Crippen LogP contribution in [0, 0.1) is 12.7 Å². The average molecular weight is 422 g/mol. The van der Waals surface area contributed by atoms with E-state index in [1.807, 2.05) is 0 Å². The fourth-order valence-corrected chi connectivity index (χ4v) is 3.72. The highest BCUT2D eigenvalue weighted by atomic mass is 19.1. The maximum atomic E-state index is 13.6. The number of nitrogens with one attached hydrogen (secondary N) is 2. The van der Waals surface area contributed by atoms with Crippen LogP contribution in [0.5, 0.6) is 0 Å². The number of halogens is 1. The van der Waals surface area contributed by atoms with Crippen LogP contribution >= 0.6 is 0 Å². The van der Waals surface area contributed by atoms with Crippen LogP contribution < -0.4 is 16.2 Å². The Morgan fingerprint density at radius 2 is 1.74 bits per heavy atom. The maximum Gasteiger partial charge on any atom is 0.261 e. The first-order valence-electron chi connectivity index (χ1n) is 10.3. The van der Waals surface area contributed by atoms with E-state index in [-0.39, 0.29) is 11.2 Å². The summed E-state index contributed by atoms with van der Waals surface area (Å²) < 4.78 is 15.3. The van der Waals surface area contributed by atoms with Crippen molar-refractivity contribution in [3.8, 4) is 0 Å². The first-order valence-corrected chi connectivity index (χ1v) is 10.3. The molecule has 31 heavy (non-hydrogen) atoms. The molecular formula is C23H23FN4O3. The number of carbonyl (C=O) groups excluding carboxylic acids is 2. The summed E-state index contributed by atoms with van der Waals surface area (Å²) in [6.45, 7) is 2.27. The van der Waals surface area contributed by atoms with E-state index in [0.29, 0.717) is 28.7 Å². The lowest BCUT2D eigenvalue weighted by Gasteiger charge is -2.11. The van der Waals surface area contributed by atoms with Crippen molar-refractivity contribution in [2.45, 2.75) is 45.6 Å². The molecule has 2 heterocycles. The van der Waals surface area contributed by atoms with Crippen LogP contribution in [0.1, 0.15) is 37.1 Å². The summed E-state index contributed by atoms with van der Waals surface area (Å²) >= 11 is 0. The summed E-state index contributed by atoms with van der Waals surface area (Å²) in [4.78, 5) is 41.9. The number of aryl methyl sites for hydroxylation is 2. The van der Waals surface area contributed by atoms with E-state index in [1.54, 1.807) is 41.8 Å². The van der Waals surface area contributed by atoms with Crippen molar-refractivity contribution in [2.75, 3.05) is 10.6 Å². The van der Waals surface area contributed by atoms with Gasteiger partial charge in [0.05, 0.1) is 10.9 Å². The van der Waals surface area contributed by atoms with Crippen LogP contribution in [0.2, 0.25) is 0 Å². The van der Waals surface area contributed by atoms with Crippen molar-refractivity contribution in [1.29, 1.82) is 0 Å². The third kappa shape index (κ3) is 4.63. The quantitative estimate of drug-likeness (QED) is 0.629. The number of rotatable bonds is 4. The monoisotopic (exact) mass is 422 g/mol. The minimum Gasteiger partial charge on any atom is -0.326 e. The first-order chi connectivity index (χ1) is 14.9. The van der Waals surface area contributed by atoms with E-state index in [4.69, 9.17) is 0 Å². The van der Waals surface area contributed by atoms with Gasteiger partial charge in [-0.1, -0.05) is 12.5 Å². The van der Waals surface area contributed by atoms with Crippen LogP contribution in [0.4, 0.5) is 15.8 Å². The minimum absolute atomic E-state index is 0.114. The van der Waals surface area contributed by atoms with Gasteiger partial charge < -0.3 is 10.6 Å². The number of fused-ring (bicyclic) bond motifs is 2. The van der Waals surface area contributed by atoms with Crippen LogP contribution in [0.15, 0.2) is 41.2 Å². The molecule has 2 aromatic carbocycles. The van der Waals surface area contributed by atoms with Gasteiger partial charge in [0.15, 0.2) is 0 Å². The highest BCUT2D eigenvalue weighted by Gasteiger charge is 2.15. The van der Waals surface area contributed by atoms with Crippen LogP contribution in [0.3, 0.4) is 0 Å². The molecular weight excluding hydrogens is 399 g/mol. The van der Waals surface area contributed by atoms with Gasteiger partial charge in [-0.2, -0.15) is 0 Å². The zero-order valence-electron chi connectivity index (χ0n) is 17.2. The third-order valence-electron chi connectivity index (χ3n) is 5.38. The normalized spacial score (nSPS) is 13.4. The van der Waals surface area contributed by atoms with Gasteiger partial charge in [0, 0.05) is 24.3 Å². The fraction of sp³-hybridized carbons (Fsp3) is 0.304. The standard InChI is InChI=1S/C23H23FN4O3/c1-14-6-7-16(12-18(14)24)26-22(30)13-21(29)25-15-8-9-19-17(11-15)23(31)28-10-4-2-3-5-20(28)27-19/h6-9,11-12H,2-5,10,13H2,1H3,(H,25,29)(H,26,30). The topological polar surface area (TPSA) is 93.1 Å². The van der Waals surface area contributed by atoms with E-state index in [9.17, 15) is 18.8 Å². The Balaban J connectivity index is 1.47. The Bertz CT molecular complexity index is 1240. The molecule has 7 nitrogen and oxygen atoms in total. The molecule has 1 aromatic heterocycles. The first kappa shape index (κ1) is 20.7. The molecule has 2 N–H and O–H groups in total. The lowest BCUT2D eigenvalue weighted by Crippen LogP contribution is -2.25. The second kappa shape index (κ2) is 8.67. The van der Waals surface area contributed by atoms with Crippen molar-refractivity contribution in [2.24, 2.45) is 0 Å². The Kier molecular flexibility index (Phi) is 5.79. The Labute approximate surface area is 178 Å². The third-order valence-corrected chi connectivity index (χ3v) is 5.38. The molecule has 4 rings (SSSR count). The molecule has 0 unspecified atom stereocenters. The van der Waals surface area contributed by atoms with E-state index < -0.39 is 24.1 Å². The molecule has 1 aliphatic rings. The largest absolute Gasteiger partial charge is 0.326 e. The number of carbonyl (C=O) groups is 2. The van der Waals surface area contributed by atoms with Gasteiger partial charge in [-0.25, -0.2) is 9.37 Å². The Morgan fingerprint density at radius 1 is 1.03 bits per heavy atom. The Hall–Kier alpha value is -3.55. The van der Waals surface area contributed by atoms with Gasteiger partial charge >= 0.3 is 0 Å². The number of nitrogens with zero attached hydrogens (tertiary/aromatic N) is 2. The second-order valence-corrected chi connectivity index (χ2v) is 7.76. The van der Waals surface area contributed by atoms with Gasteiger partial charge in [-0.3, -0.25) is 19.0 Å². The fourth-order valence-electron chi connectivity index (χ4n) is 3.72. The summed E-state index contributed by atoms with van der Waals surface area (Å²) in [5, 5.41) is 5.58. The molecule has 0 saturated carbocycles. The summed E-state index contributed by atoms with van der Waals surface area (Å²) in [5.41, 5.74) is 1.65. The smallest absolute Gasteiger partial charge is 0.261 e. The zero-order valence-corrected chi connectivity index (χ0v) is 17.2. The Morgan fingerprint density at radius 3 is 2.48 bits per heavy atom. The molecule has 0 saturated heterocycles. The molecule has 160 valence electrons. The van der Waals surface area contributed by atoms with E-state index in [0.717, 1.165) is 31.5 Å². The van der Waals surface area contributed by atoms with E-state index in [2.05, 4.69) is 15.6 Å². The number of aromatic nitrogens is 2. The van der Waals surface area contributed by atoms with Crippen molar-refractivity contribution >= 4 is 34.1 Å². The molecule has 0 bridgehead atoms. The molecule has 0 radical (unpaired) electrons.